The van der Waals surface area contributed by atoms with E-state index in [0.29, 0.717) is 12.8 Å². The number of nitrogens with one attached hydrogen (secondary N) is 1. The maximum absolute atomic E-state index is 13.1. The molecule has 4 atom stereocenters. The number of hydrogen-bond donors (Lipinski definition) is 3. The second-order valence-electron chi connectivity index (χ2n) is 7.66. The van der Waals surface area contributed by atoms with E-state index in [1.165, 1.54) is 19.1 Å². The summed E-state index contributed by atoms with van der Waals surface area (Å²) in [5.74, 6) is -2.54. The number of Topliss-reactive ketones (excluding diaryl/α,β-unsaturated/α-hetero) is 2. The number of benzene rings is 1. The van der Waals surface area contributed by atoms with Crippen molar-refractivity contribution in [2.24, 2.45) is 0 Å². The number of ether oxygens (including phenoxy) is 2. The Morgan fingerprint density at radius 3 is 2.53 bits per heavy atom. The number of carbonyl (C=O) groups is 3. The number of amides is 1. The molecule has 3 N–H and O–H groups in total. The largest absolute Gasteiger partial charge is 0.467 e. The minimum Gasteiger partial charge on any atom is -0.467 e. The SMILES string of the molecule is CCCCCC(O)C1=C(C)C(=O)[C@]2(O1)C(=O)N[C@](OC)(C(=O)c1ccccc1)[C@H]2O. The lowest BCUT2D eigenvalue weighted by Crippen LogP contribution is -2.60. The number of unbranched alkanes of at least 4 members (excludes halogenated alkanes) is 2. The van der Waals surface area contributed by atoms with Gasteiger partial charge in [0.2, 0.25) is 17.3 Å². The summed E-state index contributed by atoms with van der Waals surface area (Å²) in [5.41, 5.74) is -4.35. The van der Waals surface area contributed by atoms with Crippen molar-refractivity contribution in [3.8, 4) is 0 Å². The first kappa shape index (κ1) is 22.1. The fraction of sp³-hybridized carbons (Fsp3) is 0.500. The van der Waals surface area contributed by atoms with Gasteiger partial charge in [0.15, 0.2) is 6.10 Å². The lowest BCUT2D eigenvalue weighted by Gasteiger charge is -2.32. The summed E-state index contributed by atoms with van der Waals surface area (Å²) in [6, 6.07) is 7.99. The number of ketones is 2. The molecule has 2 heterocycles. The van der Waals surface area contributed by atoms with Crippen molar-refractivity contribution in [2.45, 2.75) is 63.1 Å². The van der Waals surface area contributed by atoms with E-state index in [4.69, 9.17) is 9.47 Å². The zero-order chi connectivity index (χ0) is 22.1. The molecule has 2 aliphatic rings. The van der Waals surface area contributed by atoms with Crippen LogP contribution in [0.1, 0.15) is 49.9 Å². The van der Waals surface area contributed by atoms with E-state index in [-0.39, 0.29) is 16.9 Å². The van der Waals surface area contributed by atoms with Crippen molar-refractivity contribution in [3.63, 3.8) is 0 Å². The number of aliphatic hydroxyl groups is 2. The molecule has 1 spiro atoms. The van der Waals surface area contributed by atoms with Gasteiger partial charge in [-0.05, 0) is 13.3 Å². The minimum absolute atomic E-state index is 0.0484. The Kier molecular flexibility index (Phi) is 6.12. The summed E-state index contributed by atoms with van der Waals surface area (Å²) < 4.78 is 11.0. The molecule has 1 aromatic carbocycles. The molecular weight excluding hydrogens is 390 g/mol. The van der Waals surface area contributed by atoms with E-state index in [2.05, 4.69) is 5.32 Å². The topological polar surface area (TPSA) is 122 Å². The fourth-order valence-electron chi connectivity index (χ4n) is 4.03. The van der Waals surface area contributed by atoms with E-state index in [9.17, 15) is 24.6 Å². The number of hydrogen-bond acceptors (Lipinski definition) is 7. The number of methoxy groups -OCH3 is 1. The van der Waals surface area contributed by atoms with Gasteiger partial charge in [-0.2, -0.15) is 0 Å². The average molecular weight is 417 g/mol. The van der Waals surface area contributed by atoms with Crippen molar-refractivity contribution in [2.75, 3.05) is 7.11 Å². The minimum atomic E-state index is -2.38. The molecule has 8 heteroatoms. The van der Waals surface area contributed by atoms with Gasteiger partial charge in [-0.15, -0.1) is 0 Å². The number of rotatable bonds is 8. The summed E-state index contributed by atoms with van der Waals surface area (Å²) in [7, 11) is 1.16. The van der Waals surface area contributed by atoms with Crippen LogP contribution in [0.25, 0.3) is 0 Å². The second kappa shape index (κ2) is 8.29. The Morgan fingerprint density at radius 2 is 1.93 bits per heavy atom. The molecule has 0 saturated carbocycles. The summed E-state index contributed by atoms with van der Waals surface area (Å²) in [6.45, 7) is 3.45. The molecule has 1 amide bonds. The molecule has 0 aromatic heterocycles. The molecule has 1 fully saturated rings. The van der Waals surface area contributed by atoms with Crippen LogP contribution in [0.2, 0.25) is 0 Å². The highest BCUT2D eigenvalue weighted by atomic mass is 16.6. The first-order valence-corrected chi connectivity index (χ1v) is 10.0. The monoisotopic (exact) mass is 417 g/mol. The Bertz CT molecular complexity index is 881. The molecule has 30 heavy (non-hydrogen) atoms. The Morgan fingerprint density at radius 1 is 1.27 bits per heavy atom. The Hall–Kier alpha value is -2.55. The molecule has 1 unspecified atom stereocenters. The predicted octanol–water partition coefficient (Wildman–Crippen LogP) is 1.26. The molecule has 2 aliphatic heterocycles. The number of carbonyl (C=O) groups excluding carboxylic acids is 3. The summed E-state index contributed by atoms with van der Waals surface area (Å²) in [6.07, 6.45) is -0.153. The van der Waals surface area contributed by atoms with Gasteiger partial charge in [0.25, 0.3) is 11.5 Å². The highest BCUT2D eigenvalue weighted by Crippen LogP contribution is 2.44. The van der Waals surface area contributed by atoms with Crippen molar-refractivity contribution >= 4 is 17.5 Å². The second-order valence-corrected chi connectivity index (χ2v) is 7.66. The van der Waals surface area contributed by atoms with Crippen molar-refractivity contribution in [1.29, 1.82) is 0 Å². The van der Waals surface area contributed by atoms with E-state index in [1.807, 2.05) is 6.92 Å². The smallest absolute Gasteiger partial charge is 0.278 e. The van der Waals surface area contributed by atoms with Gasteiger partial charge in [-0.25, -0.2) is 0 Å². The van der Waals surface area contributed by atoms with Crippen LogP contribution in [0.15, 0.2) is 41.7 Å². The lowest BCUT2D eigenvalue weighted by molar-refractivity contribution is -0.162. The van der Waals surface area contributed by atoms with Crippen LogP contribution in [0.5, 0.6) is 0 Å². The van der Waals surface area contributed by atoms with Crippen molar-refractivity contribution < 1.29 is 34.1 Å². The third kappa shape index (κ3) is 3.15. The standard InChI is InChI=1S/C22H27NO7/c1-4-5-7-12-15(24)16-13(2)17(25)21(30-16)19(27)22(29-3,23-20(21)28)18(26)14-10-8-6-9-11-14/h6,8-11,15,19,24,27H,4-5,7,12H2,1-3H3,(H,23,28)/t15?,19-,21+,22-/m0/s1. The van der Waals surface area contributed by atoms with Gasteiger partial charge in [0, 0.05) is 18.2 Å². The first-order valence-electron chi connectivity index (χ1n) is 10.0. The molecule has 162 valence electrons. The highest BCUT2D eigenvalue weighted by molar-refractivity contribution is 6.23. The van der Waals surface area contributed by atoms with E-state index in [0.717, 1.165) is 20.0 Å². The van der Waals surface area contributed by atoms with Crippen LogP contribution in [0.3, 0.4) is 0 Å². The van der Waals surface area contributed by atoms with Gasteiger partial charge < -0.3 is 25.0 Å². The average Bonchev–Trinajstić information content (AvgIpc) is 3.15. The fourth-order valence-corrected chi connectivity index (χ4v) is 4.03. The lowest BCUT2D eigenvalue weighted by atomic mass is 9.85. The van der Waals surface area contributed by atoms with Gasteiger partial charge in [0.1, 0.15) is 11.9 Å². The van der Waals surface area contributed by atoms with Gasteiger partial charge >= 0.3 is 0 Å². The molecule has 0 bridgehead atoms. The van der Waals surface area contributed by atoms with E-state index in [1.54, 1.807) is 18.2 Å². The molecule has 3 rings (SSSR count). The number of aliphatic hydroxyl groups excluding tert-OH is 2. The van der Waals surface area contributed by atoms with Crippen molar-refractivity contribution in [3.05, 3.63) is 47.2 Å². The van der Waals surface area contributed by atoms with Gasteiger partial charge in [-0.3, -0.25) is 14.4 Å². The third-order valence-corrected chi connectivity index (χ3v) is 5.80. The maximum atomic E-state index is 13.1. The Balaban J connectivity index is 1.94. The molecular formula is C22H27NO7. The summed E-state index contributed by atoms with van der Waals surface area (Å²) in [4.78, 5) is 39.2. The molecule has 1 aromatic rings. The van der Waals surface area contributed by atoms with Crippen LogP contribution in [0.4, 0.5) is 0 Å². The van der Waals surface area contributed by atoms with Crippen LogP contribution in [-0.4, -0.2) is 58.3 Å². The van der Waals surface area contributed by atoms with E-state index < -0.39 is 41.0 Å². The van der Waals surface area contributed by atoms with Crippen LogP contribution < -0.4 is 5.32 Å². The van der Waals surface area contributed by atoms with E-state index >= 15 is 0 Å². The summed E-state index contributed by atoms with van der Waals surface area (Å²) >= 11 is 0. The highest BCUT2D eigenvalue weighted by Gasteiger charge is 2.74. The molecule has 0 radical (unpaired) electrons. The quantitative estimate of drug-likeness (QED) is 0.331. The van der Waals surface area contributed by atoms with Crippen molar-refractivity contribution in [1.82, 2.24) is 5.32 Å². The van der Waals surface area contributed by atoms with Crippen LogP contribution >= 0.6 is 0 Å². The zero-order valence-corrected chi connectivity index (χ0v) is 17.3. The predicted molar refractivity (Wildman–Crippen MR) is 106 cm³/mol. The first-order chi connectivity index (χ1) is 14.3. The molecule has 0 aliphatic carbocycles. The Labute approximate surface area is 174 Å². The van der Waals surface area contributed by atoms with Gasteiger partial charge in [-0.1, -0.05) is 56.5 Å². The third-order valence-electron chi connectivity index (χ3n) is 5.80. The summed E-state index contributed by atoms with van der Waals surface area (Å²) in [5, 5.41) is 24.0. The van der Waals surface area contributed by atoms with Crippen LogP contribution in [0, 0.1) is 0 Å². The van der Waals surface area contributed by atoms with Gasteiger partial charge in [0.05, 0.1) is 0 Å². The van der Waals surface area contributed by atoms with Crippen LogP contribution in [-0.2, 0) is 19.1 Å². The molecule has 1 saturated heterocycles. The zero-order valence-electron chi connectivity index (χ0n) is 17.3. The maximum Gasteiger partial charge on any atom is 0.278 e. The molecule has 8 nitrogen and oxygen atoms in total. The normalized spacial score (nSPS) is 29.3.